The van der Waals surface area contributed by atoms with Crippen LogP contribution in [0.3, 0.4) is 0 Å². The summed E-state index contributed by atoms with van der Waals surface area (Å²) in [6.07, 6.45) is 1.43. The quantitative estimate of drug-likeness (QED) is 0.733. The third-order valence-electron chi connectivity index (χ3n) is 1.61. The Morgan fingerprint density at radius 3 is 2.92 bits per heavy atom. The number of nitrogens with one attached hydrogen (secondary N) is 1. The summed E-state index contributed by atoms with van der Waals surface area (Å²) in [5.41, 5.74) is 0.363. The molecule has 0 amide bonds. The van der Waals surface area contributed by atoms with Crippen LogP contribution in [0.25, 0.3) is 0 Å². The number of hydrogen-bond donors (Lipinski definition) is 1. The van der Waals surface area contributed by atoms with E-state index >= 15 is 0 Å². The lowest BCUT2D eigenvalue weighted by molar-refractivity contribution is 0.103. The molecule has 0 radical (unpaired) electrons. The highest BCUT2D eigenvalue weighted by Gasteiger charge is 2.12. The number of H-pyrrole nitrogens is 1. The highest BCUT2D eigenvalue weighted by Crippen LogP contribution is 2.17. The Hall–Kier alpha value is -1.49. The molecule has 0 bridgehead atoms. The number of carbonyl (C=O) groups is 1. The Kier molecular flexibility index (Phi) is 1.94. The van der Waals surface area contributed by atoms with Gasteiger partial charge >= 0.3 is 0 Å². The predicted octanol–water partition coefficient (Wildman–Crippen LogP) is 1.41. The largest absolute Gasteiger partial charge is 0.286 e. The van der Waals surface area contributed by atoms with Crippen molar-refractivity contribution < 1.29 is 4.79 Å². The second kappa shape index (κ2) is 3.10. The maximum Gasteiger partial charge on any atom is 0.224 e. The molecule has 13 heavy (non-hydrogen) atoms. The smallest absolute Gasteiger partial charge is 0.224 e. The van der Waals surface area contributed by atoms with Crippen molar-refractivity contribution in [3.05, 3.63) is 33.8 Å². The van der Waals surface area contributed by atoms with Crippen molar-refractivity contribution in [3.8, 4) is 0 Å². The van der Waals surface area contributed by atoms with Crippen molar-refractivity contribution in [2.45, 2.75) is 6.92 Å². The van der Waals surface area contributed by atoms with Crippen molar-refractivity contribution in [1.29, 1.82) is 0 Å². The van der Waals surface area contributed by atoms with Gasteiger partial charge in [0.25, 0.3) is 0 Å². The van der Waals surface area contributed by atoms with Gasteiger partial charge in [0.05, 0.1) is 11.1 Å². The number of aryl methyl sites for hydroxylation is 1. The summed E-state index contributed by atoms with van der Waals surface area (Å²) in [6, 6.07) is 3.72. The average molecular weight is 193 g/mol. The van der Waals surface area contributed by atoms with Crippen LogP contribution in [0, 0.1) is 6.92 Å². The molecule has 0 aliphatic carbocycles. The third-order valence-corrected chi connectivity index (χ3v) is 2.61. The summed E-state index contributed by atoms with van der Waals surface area (Å²) < 4.78 is 0. The van der Waals surface area contributed by atoms with Crippen LogP contribution in [0.4, 0.5) is 0 Å². The van der Waals surface area contributed by atoms with Crippen molar-refractivity contribution in [3.63, 3.8) is 0 Å². The molecule has 0 aliphatic heterocycles. The van der Waals surface area contributed by atoms with E-state index in [2.05, 4.69) is 15.4 Å². The van der Waals surface area contributed by atoms with E-state index in [4.69, 9.17) is 0 Å². The standard InChI is InChI=1S/C8H7N3OS/c1-5-2-3-7(13-5)8(12)6-4-9-11-10-6/h2-4H,1H3,(H,9,10,11). The van der Waals surface area contributed by atoms with Gasteiger partial charge in [-0.15, -0.1) is 11.3 Å². The summed E-state index contributed by atoms with van der Waals surface area (Å²) in [6.45, 7) is 1.96. The molecule has 0 aromatic carbocycles. The second-order valence-electron chi connectivity index (χ2n) is 2.59. The van der Waals surface area contributed by atoms with Crippen LogP contribution in [-0.4, -0.2) is 21.2 Å². The fraction of sp³-hybridized carbons (Fsp3) is 0.125. The van der Waals surface area contributed by atoms with Crippen LogP contribution >= 0.6 is 11.3 Å². The molecule has 0 aliphatic rings. The zero-order valence-corrected chi connectivity index (χ0v) is 7.76. The fourth-order valence-corrected chi connectivity index (χ4v) is 1.81. The summed E-state index contributed by atoms with van der Waals surface area (Å²) in [7, 11) is 0. The van der Waals surface area contributed by atoms with E-state index in [1.165, 1.54) is 17.5 Å². The molecule has 66 valence electrons. The first-order chi connectivity index (χ1) is 6.27. The van der Waals surface area contributed by atoms with Gasteiger partial charge in [-0.3, -0.25) is 4.79 Å². The second-order valence-corrected chi connectivity index (χ2v) is 3.88. The van der Waals surface area contributed by atoms with E-state index < -0.39 is 0 Å². The number of rotatable bonds is 2. The molecule has 1 N–H and O–H groups in total. The van der Waals surface area contributed by atoms with Crippen LogP contribution in [-0.2, 0) is 0 Å². The molecule has 0 fully saturated rings. The molecular formula is C8H7N3OS. The van der Waals surface area contributed by atoms with Gasteiger partial charge in [0.15, 0.2) is 5.69 Å². The molecule has 2 heterocycles. The van der Waals surface area contributed by atoms with Crippen LogP contribution < -0.4 is 0 Å². The predicted molar refractivity (Wildman–Crippen MR) is 48.9 cm³/mol. The Balaban J connectivity index is 2.33. The molecule has 0 unspecified atom stereocenters. The van der Waals surface area contributed by atoms with Crippen molar-refractivity contribution in [2.75, 3.05) is 0 Å². The molecule has 2 rings (SSSR count). The van der Waals surface area contributed by atoms with Crippen LogP contribution in [0.5, 0.6) is 0 Å². The highest BCUT2D eigenvalue weighted by molar-refractivity contribution is 7.14. The van der Waals surface area contributed by atoms with E-state index in [1.807, 2.05) is 13.0 Å². The van der Waals surface area contributed by atoms with Gasteiger partial charge in [0.2, 0.25) is 5.78 Å². The third kappa shape index (κ3) is 1.50. The van der Waals surface area contributed by atoms with Crippen LogP contribution in [0.15, 0.2) is 18.3 Å². The van der Waals surface area contributed by atoms with Crippen molar-refractivity contribution in [1.82, 2.24) is 15.4 Å². The van der Waals surface area contributed by atoms with E-state index in [0.717, 1.165) is 4.88 Å². The normalized spacial score (nSPS) is 10.2. The first-order valence-corrected chi connectivity index (χ1v) is 4.56. The van der Waals surface area contributed by atoms with Gasteiger partial charge < -0.3 is 0 Å². The number of nitrogens with zero attached hydrogens (tertiary/aromatic N) is 2. The van der Waals surface area contributed by atoms with E-state index in [1.54, 1.807) is 6.07 Å². The fourth-order valence-electron chi connectivity index (χ4n) is 0.994. The van der Waals surface area contributed by atoms with E-state index in [0.29, 0.717) is 10.6 Å². The lowest BCUT2D eigenvalue weighted by Gasteiger charge is -1.88. The zero-order valence-electron chi connectivity index (χ0n) is 6.94. The van der Waals surface area contributed by atoms with Gasteiger partial charge in [0, 0.05) is 4.88 Å². The summed E-state index contributed by atoms with van der Waals surface area (Å²) in [5, 5.41) is 9.72. The summed E-state index contributed by atoms with van der Waals surface area (Å²) in [5.74, 6) is -0.0770. The minimum atomic E-state index is -0.0770. The Morgan fingerprint density at radius 2 is 2.38 bits per heavy atom. The maximum atomic E-state index is 11.6. The molecule has 0 spiro atoms. The maximum absolute atomic E-state index is 11.6. The molecule has 2 aromatic rings. The molecule has 0 atom stereocenters. The number of carbonyl (C=O) groups excluding carboxylic acids is 1. The van der Waals surface area contributed by atoms with Crippen molar-refractivity contribution >= 4 is 17.1 Å². The first kappa shape index (κ1) is 8.12. The minimum Gasteiger partial charge on any atom is -0.286 e. The van der Waals surface area contributed by atoms with E-state index in [9.17, 15) is 4.79 Å². The Bertz CT molecular complexity index is 418. The molecule has 0 saturated heterocycles. The molecule has 2 aromatic heterocycles. The first-order valence-electron chi connectivity index (χ1n) is 3.74. The molecule has 0 saturated carbocycles. The monoisotopic (exact) mass is 193 g/mol. The number of hydrogen-bond acceptors (Lipinski definition) is 4. The Labute approximate surface area is 78.6 Å². The summed E-state index contributed by atoms with van der Waals surface area (Å²) >= 11 is 1.46. The zero-order chi connectivity index (χ0) is 9.26. The highest BCUT2D eigenvalue weighted by atomic mass is 32.1. The van der Waals surface area contributed by atoms with Gasteiger partial charge in [0.1, 0.15) is 0 Å². The molecule has 5 heteroatoms. The van der Waals surface area contributed by atoms with Crippen LogP contribution in [0.1, 0.15) is 20.2 Å². The number of aromatic amines is 1. The van der Waals surface area contributed by atoms with Gasteiger partial charge in [-0.2, -0.15) is 15.4 Å². The van der Waals surface area contributed by atoms with Crippen molar-refractivity contribution in [2.24, 2.45) is 0 Å². The van der Waals surface area contributed by atoms with Gasteiger partial charge in [-0.05, 0) is 19.1 Å². The number of aromatic nitrogens is 3. The lowest BCUT2D eigenvalue weighted by Crippen LogP contribution is -1.98. The SMILES string of the molecule is Cc1ccc(C(=O)c2cn[nH]n2)s1. The topological polar surface area (TPSA) is 58.6 Å². The molecule has 4 nitrogen and oxygen atoms in total. The number of ketones is 1. The lowest BCUT2D eigenvalue weighted by atomic mass is 10.2. The van der Waals surface area contributed by atoms with Gasteiger partial charge in [-0.25, -0.2) is 0 Å². The van der Waals surface area contributed by atoms with E-state index in [-0.39, 0.29) is 5.78 Å². The van der Waals surface area contributed by atoms with Gasteiger partial charge in [-0.1, -0.05) is 0 Å². The minimum absolute atomic E-state index is 0.0770. The van der Waals surface area contributed by atoms with Crippen LogP contribution in [0.2, 0.25) is 0 Å². The summed E-state index contributed by atoms with van der Waals surface area (Å²) in [4.78, 5) is 13.4. The Morgan fingerprint density at radius 1 is 1.54 bits per heavy atom. The molecular weight excluding hydrogens is 186 g/mol. The number of thiophene rings is 1. The average Bonchev–Trinajstić information content (AvgIpc) is 2.72.